The van der Waals surface area contributed by atoms with Crippen molar-refractivity contribution >= 4 is 0 Å². The number of rotatable bonds is 6. The normalized spacial score (nSPS) is 24.3. The molecule has 0 radical (unpaired) electrons. The lowest BCUT2D eigenvalue weighted by Gasteiger charge is -2.40. The average molecular weight is 381 g/mol. The first kappa shape index (κ1) is 19.6. The molecule has 150 valence electrons. The van der Waals surface area contributed by atoms with Crippen LogP contribution in [0.5, 0.6) is 0 Å². The fourth-order valence-electron chi connectivity index (χ4n) is 4.66. The van der Waals surface area contributed by atoms with Crippen LogP contribution in [0.15, 0.2) is 54.6 Å². The van der Waals surface area contributed by atoms with E-state index in [1.165, 1.54) is 16.7 Å². The number of aliphatic hydroxyl groups excluding tert-OH is 1. The van der Waals surface area contributed by atoms with E-state index in [0.29, 0.717) is 18.4 Å². The highest BCUT2D eigenvalue weighted by molar-refractivity contribution is 5.63. The fourth-order valence-corrected chi connectivity index (χ4v) is 4.66. The standard InChI is InChI=1S/C24H32N2O2/c27-19-22-14-21(16-25-10-12-28-13-11-25)17-26(18-22)15-20-6-8-24(9-7-20)23-4-2-1-3-5-23/h1-9,21-22,27H,10-19H2/t21-,22-/m1/s1. The molecule has 2 aliphatic rings. The van der Waals surface area contributed by atoms with Gasteiger partial charge in [-0.05, 0) is 34.9 Å². The minimum atomic E-state index is 0.295. The van der Waals surface area contributed by atoms with Gasteiger partial charge >= 0.3 is 0 Å². The monoisotopic (exact) mass is 380 g/mol. The number of benzene rings is 2. The first-order valence-corrected chi connectivity index (χ1v) is 10.6. The van der Waals surface area contributed by atoms with E-state index in [1.807, 2.05) is 0 Å². The molecule has 2 aliphatic heterocycles. The van der Waals surface area contributed by atoms with Crippen LogP contribution < -0.4 is 0 Å². The molecule has 1 N–H and O–H groups in total. The Hall–Kier alpha value is -1.72. The maximum absolute atomic E-state index is 9.80. The van der Waals surface area contributed by atoms with Gasteiger partial charge in [0.1, 0.15) is 0 Å². The van der Waals surface area contributed by atoms with Crippen LogP contribution in [0.3, 0.4) is 0 Å². The minimum absolute atomic E-state index is 0.295. The highest BCUT2D eigenvalue weighted by atomic mass is 16.5. The maximum atomic E-state index is 9.80. The van der Waals surface area contributed by atoms with Gasteiger partial charge in [0.05, 0.1) is 13.2 Å². The van der Waals surface area contributed by atoms with Crippen LogP contribution in [0.4, 0.5) is 0 Å². The molecule has 0 aliphatic carbocycles. The fraction of sp³-hybridized carbons (Fsp3) is 0.500. The van der Waals surface area contributed by atoms with Crippen LogP contribution >= 0.6 is 0 Å². The van der Waals surface area contributed by atoms with Crippen LogP contribution in [-0.4, -0.2) is 67.5 Å². The lowest BCUT2D eigenvalue weighted by Crippen LogP contribution is -2.47. The topological polar surface area (TPSA) is 35.9 Å². The van der Waals surface area contributed by atoms with Gasteiger partial charge in [-0.1, -0.05) is 54.6 Å². The molecule has 28 heavy (non-hydrogen) atoms. The molecule has 0 saturated carbocycles. The van der Waals surface area contributed by atoms with Gasteiger partial charge in [0.25, 0.3) is 0 Å². The second-order valence-corrected chi connectivity index (χ2v) is 8.32. The third-order valence-corrected chi connectivity index (χ3v) is 6.05. The molecule has 2 aromatic carbocycles. The van der Waals surface area contributed by atoms with Crippen LogP contribution in [0.2, 0.25) is 0 Å². The van der Waals surface area contributed by atoms with Crippen LogP contribution in [-0.2, 0) is 11.3 Å². The molecule has 2 atom stereocenters. The predicted octanol–water partition coefficient (Wildman–Crippen LogP) is 3.12. The van der Waals surface area contributed by atoms with Crippen molar-refractivity contribution in [2.45, 2.75) is 13.0 Å². The van der Waals surface area contributed by atoms with Crippen molar-refractivity contribution in [1.29, 1.82) is 0 Å². The molecule has 4 rings (SSSR count). The number of nitrogens with zero attached hydrogens (tertiary/aromatic N) is 2. The summed E-state index contributed by atoms with van der Waals surface area (Å²) in [5, 5.41) is 9.80. The molecule has 0 aromatic heterocycles. The van der Waals surface area contributed by atoms with E-state index in [2.05, 4.69) is 64.4 Å². The first-order valence-electron chi connectivity index (χ1n) is 10.6. The summed E-state index contributed by atoms with van der Waals surface area (Å²) < 4.78 is 5.48. The van der Waals surface area contributed by atoms with Gasteiger partial charge < -0.3 is 9.84 Å². The summed E-state index contributed by atoms with van der Waals surface area (Å²) in [5.74, 6) is 1.02. The van der Waals surface area contributed by atoms with E-state index in [9.17, 15) is 5.11 Å². The van der Waals surface area contributed by atoms with E-state index in [4.69, 9.17) is 4.74 Å². The third-order valence-electron chi connectivity index (χ3n) is 6.05. The van der Waals surface area contributed by atoms with Crippen LogP contribution in [0, 0.1) is 11.8 Å². The second kappa shape index (κ2) is 9.66. The Bertz CT molecular complexity index is 713. The third kappa shape index (κ3) is 5.21. The van der Waals surface area contributed by atoms with E-state index in [0.717, 1.165) is 58.9 Å². The molecule has 4 heteroatoms. The molecular weight excluding hydrogens is 348 g/mol. The minimum Gasteiger partial charge on any atom is -0.396 e. The summed E-state index contributed by atoms with van der Waals surface area (Å²) in [6.45, 7) is 8.30. The van der Waals surface area contributed by atoms with Gasteiger partial charge in [0, 0.05) is 45.9 Å². The Morgan fingerprint density at radius 1 is 0.821 bits per heavy atom. The number of likely N-dealkylation sites (tertiary alicyclic amines) is 1. The first-order chi connectivity index (χ1) is 13.8. The Morgan fingerprint density at radius 2 is 1.50 bits per heavy atom. The molecule has 2 aromatic rings. The number of morpholine rings is 1. The van der Waals surface area contributed by atoms with Crippen molar-refractivity contribution in [2.75, 3.05) is 52.5 Å². The van der Waals surface area contributed by atoms with Gasteiger partial charge in [0.15, 0.2) is 0 Å². The van der Waals surface area contributed by atoms with Gasteiger partial charge in [-0.3, -0.25) is 9.80 Å². The molecule has 2 fully saturated rings. The Balaban J connectivity index is 1.37. The predicted molar refractivity (Wildman–Crippen MR) is 113 cm³/mol. The summed E-state index contributed by atoms with van der Waals surface area (Å²) in [6.07, 6.45) is 1.14. The number of ether oxygens (including phenoxy) is 1. The number of piperidine rings is 1. The summed E-state index contributed by atoms with van der Waals surface area (Å²) in [6, 6.07) is 19.5. The maximum Gasteiger partial charge on any atom is 0.0594 e. The number of hydrogen-bond donors (Lipinski definition) is 1. The van der Waals surface area contributed by atoms with Gasteiger partial charge in [-0.2, -0.15) is 0 Å². The molecule has 0 unspecified atom stereocenters. The summed E-state index contributed by atoms with van der Waals surface area (Å²) in [7, 11) is 0. The summed E-state index contributed by atoms with van der Waals surface area (Å²) in [4.78, 5) is 5.06. The van der Waals surface area contributed by atoms with Crippen molar-refractivity contribution in [3.63, 3.8) is 0 Å². The number of hydrogen-bond acceptors (Lipinski definition) is 4. The van der Waals surface area contributed by atoms with Gasteiger partial charge in [-0.15, -0.1) is 0 Å². The average Bonchev–Trinajstić information content (AvgIpc) is 2.75. The van der Waals surface area contributed by atoms with Crippen molar-refractivity contribution in [3.8, 4) is 11.1 Å². The van der Waals surface area contributed by atoms with Crippen molar-refractivity contribution in [3.05, 3.63) is 60.2 Å². The largest absolute Gasteiger partial charge is 0.396 e. The van der Waals surface area contributed by atoms with Crippen molar-refractivity contribution < 1.29 is 9.84 Å². The molecule has 0 bridgehead atoms. The molecular formula is C24H32N2O2. The smallest absolute Gasteiger partial charge is 0.0594 e. The lowest BCUT2D eigenvalue weighted by molar-refractivity contribution is 0.0117. The van der Waals surface area contributed by atoms with Crippen molar-refractivity contribution in [2.24, 2.45) is 11.8 Å². The zero-order valence-corrected chi connectivity index (χ0v) is 16.7. The van der Waals surface area contributed by atoms with Gasteiger partial charge in [-0.25, -0.2) is 0 Å². The molecule has 0 amide bonds. The zero-order valence-electron chi connectivity index (χ0n) is 16.7. The Labute approximate surface area is 168 Å². The quantitative estimate of drug-likeness (QED) is 0.835. The Kier molecular flexibility index (Phi) is 6.76. The highest BCUT2D eigenvalue weighted by Crippen LogP contribution is 2.25. The van der Waals surface area contributed by atoms with E-state index < -0.39 is 0 Å². The Morgan fingerprint density at radius 3 is 2.21 bits per heavy atom. The molecule has 4 nitrogen and oxygen atoms in total. The highest BCUT2D eigenvalue weighted by Gasteiger charge is 2.28. The van der Waals surface area contributed by atoms with E-state index in [1.54, 1.807) is 0 Å². The van der Waals surface area contributed by atoms with Crippen LogP contribution in [0.1, 0.15) is 12.0 Å². The summed E-state index contributed by atoms with van der Waals surface area (Å²) >= 11 is 0. The van der Waals surface area contributed by atoms with E-state index >= 15 is 0 Å². The molecule has 2 saturated heterocycles. The zero-order chi connectivity index (χ0) is 19.2. The summed E-state index contributed by atoms with van der Waals surface area (Å²) in [5.41, 5.74) is 3.88. The van der Waals surface area contributed by atoms with Crippen LogP contribution in [0.25, 0.3) is 11.1 Å². The number of aliphatic hydroxyl groups is 1. The molecule has 2 heterocycles. The van der Waals surface area contributed by atoms with Crippen molar-refractivity contribution in [1.82, 2.24) is 9.80 Å². The van der Waals surface area contributed by atoms with E-state index in [-0.39, 0.29) is 0 Å². The SMILES string of the molecule is OC[C@@H]1C[C@H](CN2CCOCC2)CN(Cc2ccc(-c3ccccc3)cc2)C1. The lowest BCUT2D eigenvalue weighted by atomic mass is 9.88. The van der Waals surface area contributed by atoms with Gasteiger partial charge in [0.2, 0.25) is 0 Å². The molecule has 0 spiro atoms. The second-order valence-electron chi connectivity index (χ2n) is 8.32.